The van der Waals surface area contributed by atoms with Crippen molar-refractivity contribution in [2.45, 2.75) is 19.8 Å². The van der Waals surface area contributed by atoms with Gasteiger partial charge in [-0.2, -0.15) is 0 Å². The van der Waals surface area contributed by atoms with E-state index < -0.39 is 22.0 Å². The van der Waals surface area contributed by atoms with Gasteiger partial charge in [0.05, 0.1) is 22.4 Å². The largest absolute Gasteiger partial charge is 0.462 e. The predicted octanol–water partition coefficient (Wildman–Crippen LogP) is 3.16. The molecule has 0 saturated carbocycles. The number of esters is 1. The number of rotatable bonds is 5. The van der Waals surface area contributed by atoms with E-state index >= 15 is 0 Å². The Morgan fingerprint density at radius 1 is 1.13 bits per heavy atom. The number of aromatic nitrogens is 2. The molecular weight excluding hydrogens is 390 g/mol. The number of nitrogens with one attached hydrogen (secondary N) is 1. The summed E-state index contributed by atoms with van der Waals surface area (Å²) < 4.78 is 6.57. The van der Waals surface area contributed by atoms with Gasteiger partial charge in [-0.15, -0.1) is 0 Å². The van der Waals surface area contributed by atoms with Gasteiger partial charge in [0.2, 0.25) is 0 Å². The van der Waals surface area contributed by atoms with Crippen molar-refractivity contribution in [1.82, 2.24) is 9.38 Å². The molecule has 0 bridgehead atoms. The molecule has 0 spiro atoms. The molecule has 9 nitrogen and oxygen atoms in total. The first kappa shape index (κ1) is 19.3. The third kappa shape index (κ3) is 3.00. The summed E-state index contributed by atoms with van der Waals surface area (Å²) in [6, 6.07) is 10.2. The Bertz CT molecular complexity index is 1450. The first-order valence-corrected chi connectivity index (χ1v) is 9.39. The molecule has 0 radical (unpaired) electrons. The maximum Gasteiger partial charge on any atom is 0.342 e. The summed E-state index contributed by atoms with van der Waals surface area (Å²) in [5.74, 6) is -0.766. The van der Waals surface area contributed by atoms with Crippen LogP contribution in [0.5, 0.6) is 0 Å². The molecule has 0 amide bonds. The Morgan fingerprint density at radius 2 is 1.90 bits per heavy atom. The number of hydrogen-bond acceptors (Lipinski definition) is 6. The average Bonchev–Trinajstić information content (AvgIpc) is 2.73. The number of aromatic amines is 1. The van der Waals surface area contributed by atoms with Crippen LogP contribution in [0.25, 0.3) is 27.3 Å². The average molecular weight is 407 g/mol. The minimum Gasteiger partial charge on any atom is -0.462 e. The van der Waals surface area contributed by atoms with Crippen LogP contribution < -0.4 is 11.1 Å². The molecule has 30 heavy (non-hydrogen) atoms. The van der Waals surface area contributed by atoms with Crippen molar-refractivity contribution in [3.8, 4) is 0 Å². The molecule has 0 fully saturated rings. The smallest absolute Gasteiger partial charge is 0.342 e. The molecule has 0 atom stereocenters. The molecule has 0 aliphatic carbocycles. The van der Waals surface area contributed by atoms with Crippen LogP contribution in [0.2, 0.25) is 0 Å². The number of benzene rings is 2. The van der Waals surface area contributed by atoms with Crippen molar-refractivity contribution in [2.24, 2.45) is 0 Å². The first-order valence-electron chi connectivity index (χ1n) is 9.39. The van der Waals surface area contributed by atoms with Crippen LogP contribution in [0.15, 0.2) is 52.1 Å². The molecule has 0 saturated heterocycles. The monoisotopic (exact) mass is 407 g/mol. The highest BCUT2D eigenvalue weighted by Gasteiger charge is 2.23. The SMILES string of the molecule is CCCCOC(=O)c1c2cc([N+](=O)[O-])ccc2c(=O)n2c1[nH]c(=O)c1ccccc12. The van der Waals surface area contributed by atoms with E-state index in [9.17, 15) is 24.5 Å². The van der Waals surface area contributed by atoms with E-state index in [1.807, 2.05) is 6.92 Å². The molecule has 9 heteroatoms. The van der Waals surface area contributed by atoms with E-state index in [1.165, 1.54) is 16.5 Å². The van der Waals surface area contributed by atoms with Crippen LogP contribution in [0.1, 0.15) is 30.1 Å². The molecule has 4 rings (SSSR count). The zero-order valence-corrected chi connectivity index (χ0v) is 16.0. The number of unbranched alkanes of at least 4 members (excludes halogenated alkanes) is 1. The van der Waals surface area contributed by atoms with E-state index in [0.29, 0.717) is 11.9 Å². The van der Waals surface area contributed by atoms with E-state index in [1.54, 1.807) is 24.3 Å². The lowest BCUT2D eigenvalue weighted by Crippen LogP contribution is -2.24. The van der Waals surface area contributed by atoms with Crippen LogP contribution in [-0.4, -0.2) is 26.9 Å². The molecule has 2 heterocycles. The lowest BCUT2D eigenvalue weighted by atomic mass is 10.0. The van der Waals surface area contributed by atoms with Gasteiger partial charge >= 0.3 is 5.97 Å². The number of carbonyl (C=O) groups is 1. The summed E-state index contributed by atoms with van der Waals surface area (Å²) in [6.07, 6.45) is 1.43. The van der Waals surface area contributed by atoms with Gasteiger partial charge in [0, 0.05) is 22.9 Å². The van der Waals surface area contributed by atoms with Gasteiger partial charge in [-0.25, -0.2) is 4.79 Å². The van der Waals surface area contributed by atoms with Crippen LogP contribution in [0, 0.1) is 10.1 Å². The van der Waals surface area contributed by atoms with Gasteiger partial charge in [0.1, 0.15) is 11.2 Å². The van der Waals surface area contributed by atoms with Gasteiger partial charge in [0.25, 0.3) is 16.8 Å². The minimum absolute atomic E-state index is 0.0571. The molecule has 4 aromatic rings. The summed E-state index contributed by atoms with van der Waals surface area (Å²) in [4.78, 5) is 52.1. The molecule has 2 aromatic heterocycles. The molecule has 1 N–H and O–H groups in total. The van der Waals surface area contributed by atoms with Crippen LogP contribution >= 0.6 is 0 Å². The summed E-state index contributed by atoms with van der Waals surface area (Å²) in [5, 5.41) is 11.7. The van der Waals surface area contributed by atoms with Crippen LogP contribution in [0.4, 0.5) is 5.69 Å². The fourth-order valence-electron chi connectivity index (χ4n) is 3.47. The maximum absolute atomic E-state index is 13.2. The molecule has 2 aromatic carbocycles. The second-order valence-electron chi connectivity index (χ2n) is 6.81. The second kappa shape index (κ2) is 7.43. The summed E-state index contributed by atoms with van der Waals surface area (Å²) in [7, 11) is 0. The lowest BCUT2D eigenvalue weighted by molar-refractivity contribution is -0.384. The minimum atomic E-state index is -0.766. The third-order valence-corrected chi connectivity index (χ3v) is 4.93. The number of nitro benzene ring substituents is 1. The zero-order valence-electron chi connectivity index (χ0n) is 16.0. The second-order valence-corrected chi connectivity index (χ2v) is 6.81. The normalized spacial score (nSPS) is 11.2. The zero-order chi connectivity index (χ0) is 21.4. The number of hydrogen-bond donors (Lipinski definition) is 1. The van der Waals surface area contributed by atoms with E-state index in [4.69, 9.17) is 4.74 Å². The molecule has 152 valence electrons. The van der Waals surface area contributed by atoms with Crippen molar-refractivity contribution >= 4 is 39.0 Å². The maximum atomic E-state index is 13.2. The highest BCUT2D eigenvalue weighted by atomic mass is 16.6. The first-order chi connectivity index (χ1) is 14.4. The van der Waals surface area contributed by atoms with Crippen molar-refractivity contribution in [3.05, 3.63) is 78.8 Å². The predicted molar refractivity (Wildman–Crippen MR) is 111 cm³/mol. The molecule has 0 aliphatic heterocycles. The Morgan fingerprint density at radius 3 is 2.63 bits per heavy atom. The summed E-state index contributed by atoms with van der Waals surface area (Å²) in [5.41, 5.74) is -1.10. The number of ether oxygens (including phenoxy) is 1. The number of pyridine rings is 1. The number of nitro groups is 1. The number of fused-ring (bicyclic) bond motifs is 4. The van der Waals surface area contributed by atoms with Crippen LogP contribution in [-0.2, 0) is 4.74 Å². The van der Waals surface area contributed by atoms with E-state index in [2.05, 4.69) is 4.98 Å². The van der Waals surface area contributed by atoms with Crippen molar-refractivity contribution in [2.75, 3.05) is 6.61 Å². The van der Waals surface area contributed by atoms with Crippen molar-refractivity contribution in [1.29, 1.82) is 0 Å². The third-order valence-electron chi connectivity index (χ3n) is 4.93. The number of carbonyl (C=O) groups excluding carboxylic acids is 1. The Balaban J connectivity index is 2.19. The fraction of sp³-hybridized carbons (Fsp3) is 0.190. The molecule has 0 aliphatic rings. The van der Waals surface area contributed by atoms with Crippen molar-refractivity contribution in [3.63, 3.8) is 0 Å². The van der Waals surface area contributed by atoms with Crippen LogP contribution in [0.3, 0.4) is 0 Å². The highest BCUT2D eigenvalue weighted by molar-refractivity contribution is 6.10. The van der Waals surface area contributed by atoms with E-state index in [-0.39, 0.29) is 39.7 Å². The molecule has 0 unspecified atom stereocenters. The highest BCUT2D eigenvalue weighted by Crippen LogP contribution is 2.26. The van der Waals surface area contributed by atoms with Gasteiger partial charge in [0.15, 0.2) is 0 Å². The Kier molecular flexibility index (Phi) is 4.78. The van der Waals surface area contributed by atoms with Gasteiger partial charge in [-0.3, -0.25) is 24.1 Å². The summed E-state index contributed by atoms with van der Waals surface area (Å²) >= 11 is 0. The number of para-hydroxylation sites is 1. The topological polar surface area (TPSA) is 124 Å². The van der Waals surface area contributed by atoms with Crippen molar-refractivity contribution < 1.29 is 14.5 Å². The number of H-pyrrole nitrogens is 1. The van der Waals surface area contributed by atoms with E-state index in [0.717, 1.165) is 12.5 Å². The number of nitrogens with zero attached hydrogens (tertiary/aromatic N) is 2. The quantitative estimate of drug-likeness (QED) is 0.135. The summed E-state index contributed by atoms with van der Waals surface area (Å²) in [6.45, 7) is 2.09. The Hall–Kier alpha value is -4.01. The fourth-order valence-corrected chi connectivity index (χ4v) is 3.47. The molecular formula is C21H17N3O6. The van der Waals surface area contributed by atoms with Gasteiger partial charge in [-0.1, -0.05) is 25.5 Å². The number of non-ortho nitro benzene ring substituents is 1. The van der Waals surface area contributed by atoms with Gasteiger partial charge < -0.3 is 9.72 Å². The Labute approximate surface area is 168 Å². The van der Waals surface area contributed by atoms with Gasteiger partial charge in [-0.05, 0) is 24.6 Å². The lowest BCUT2D eigenvalue weighted by Gasteiger charge is -2.13. The standard InChI is InChI=1S/C21H17N3O6/c1-2-3-10-30-21(27)17-15-11-12(24(28)29)8-9-13(15)20(26)23-16-7-5-4-6-14(16)19(25)22-18(17)23/h4-9,11H,2-3,10H2,1H3,(H,22,25).